The lowest BCUT2D eigenvalue weighted by atomic mass is 10.1. The van der Waals surface area contributed by atoms with Crippen LogP contribution in [0.4, 0.5) is 11.5 Å². The minimum Gasteiger partial charge on any atom is -0.397 e. The summed E-state index contributed by atoms with van der Waals surface area (Å²) in [4.78, 5) is 11.1. The molecule has 0 amide bonds. The molecular weight excluding hydrogens is 316 g/mol. The molecule has 0 bridgehead atoms. The van der Waals surface area contributed by atoms with Crippen LogP contribution in [0.1, 0.15) is 30.0 Å². The number of anilines is 2. The van der Waals surface area contributed by atoms with Crippen LogP contribution in [0.2, 0.25) is 0 Å². The van der Waals surface area contributed by atoms with E-state index in [1.807, 2.05) is 25.4 Å². The number of nitrogens with two attached hydrogens (primary N) is 1. The van der Waals surface area contributed by atoms with Gasteiger partial charge in [0.05, 0.1) is 22.4 Å². The molecule has 0 aromatic carbocycles. The van der Waals surface area contributed by atoms with Crippen molar-refractivity contribution in [2.45, 2.75) is 25.8 Å². The zero-order valence-corrected chi connectivity index (χ0v) is 13.0. The van der Waals surface area contributed by atoms with Crippen molar-refractivity contribution in [3.8, 4) is 0 Å². The highest BCUT2D eigenvalue weighted by molar-refractivity contribution is 9.10. The van der Waals surface area contributed by atoms with E-state index in [1.165, 1.54) is 5.56 Å². The summed E-state index contributed by atoms with van der Waals surface area (Å²) in [5, 5.41) is 0. The Hall–Kier alpha value is -1.62. The Balaban J connectivity index is 1.99. The van der Waals surface area contributed by atoms with Crippen LogP contribution in [-0.4, -0.2) is 16.5 Å². The normalized spacial score (nSPS) is 18.5. The highest BCUT2D eigenvalue weighted by Crippen LogP contribution is 2.39. The minimum atomic E-state index is 0.343. The van der Waals surface area contributed by atoms with Gasteiger partial charge >= 0.3 is 0 Å². The summed E-state index contributed by atoms with van der Waals surface area (Å²) in [6.45, 7) is 3.02. The Kier molecular flexibility index (Phi) is 3.61. The summed E-state index contributed by atoms with van der Waals surface area (Å²) in [6, 6.07) is 4.46. The first-order valence-electron chi connectivity index (χ1n) is 6.75. The summed E-state index contributed by atoms with van der Waals surface area (Å²) in [5.74, 6) is 0.975. The summed E-state index contributed by atoms with van der Waals surface area (Å²) in [6.07, 6.45) is 7.79. The zero-order chi connectivity index (χ0) is 14.1. The third-order valence-electron chi connectivity index (χ3n) is 3.88. The van der Waals surface area contributed by atoms with Gasteiger partial charge in [-0.25, -0.2) is 4.98 Å². The van der Waals surface area contributed by atoms with E-state index in [1.54, 1.807) is 6.20 Å². The lowest BCUT2D eigenvalue weighted by Crippen LogP contribution is -2.24. The number of hydrogen-bond donors (Lipinski definition) is 1. The van der Waals surface area contributed by atoms with Gasteiger partial charge < -0.3 is 10.6 Å². The Morgan fingerprint density at radius 1 is 1.40 bits per heavy atom. The monoisotopic (exact) mass is 332 g/mol. The molecule has 104 valence electrons. The Bertz CT molecular complexity index is 615. The molecule has 4 nitrogen and oxygen atoms in total. The van der Waals surface area contributed by atoms with Crippen LogP contribution in [-0.2, 0) is 0 Å². The second-order valence-electron chi connectivity index (χ2n) is 5.11. The number of aromatic nitrogens is 2. The lowest BCUT2D eigenvalue weighted by Gasteiger charge is -2.27. The number of pyridine rings is 2. The molecule has 5 heteroatoms. The zero-order valence-electron chi connectivity index (χ0n) is 11.4. The molecular formula is C15H17BrN4. The molecule has 1 fully saturated rings. The summed E-state index contributed by atoms with van der Waals surface area (Å²) in [5.41, 5.74) is 8.92. The maximum atomic E-state index is 5.91. The quantitative estimate of drug-likeness (QED) is 0.914. The molecule has 2 aromatic heterocycles. The van der Waals surface area contributed by atoms with Crippen molar-refractivity contribution in [2.24, 2.45) is 0 Å². The molecule has 2 aromatic rings. The van der Waals surface area contributed by atoms with Crippen molar-refractivity contribution >= 4 is 27.4 Å². The topological polar surface area (TPSA) is 55.0 Å². The van der Waals surface area contributed by atoms with Gasteiger partial charge in [0.25, 0.3) is 0 Å². The van der Waals surface area contributed by atoms with Crippen LogP contribution in [0, 0.1) is 6.92 Å². The van der Waals surface area contributed by atoms with Gasteiger partial charge in [-0.2, -0.15) is 0 Å². The smallest absolute Gasteiger partial charge is 0.143 e. The average Bonchev–Trinajstić information content (AvgIpc) is 2.95. The third-order valence-corrected chi connectivity index (χ3v) is 4.83. The predicted molar refractivity (Wildman–Crippen MR) is 84.6 cm³/mol. The number of hydrogen-bond acceptors (Lipinski definition) is 4. The van der Waals surface area contributed by atoms with E-state index in [2.05, 4.69) is 36.9 Å². The second kappa shape index (κ2) is 5.40. The molecule has 0 radical (unpaired) electrons. The maximum absolute atomic E-state index is 5.91. The molecule has 1 atom stereocenters. The number of halogens is 1. The fraction of sp³-hybridized carbons (Fsp3) is 0.333. The molecule has 1 aliphatic heterocycles. The number of rotatable bonds is 2. The van der Waals surface area contributed by atoms with Crippen molar-refractivity contribution in [3.05, 3.63) is 46.3 Å². The van der Waals surface area contributed by atoms with Crippen LogP contribution < -0.4 is 10.6 Å². The van der Waals surface area contributed by atoms with Gasteiger partial charge in [0.2, 0.25) is 0 Å². The molecule has 3 heterocycles. The average molecular weight is 333 g/mol. The van der Waals surface area contributed by atoms with Gasteiger partial charge in [-0.15, -0.1) is 0 Å². The van der Waals surface area contributed by atoms with Crippen LogP contribution >= 0.6 is 15.9 Å². The van der Waals surface area contributed by atoms with Crippen molar-refractivity contribution in [3.63, 3.8) is 0 Å². The molecule has 1 saturated heterocycles. The van der Waals surface area contributed by atoms with Crippen molar-refractivity contribution < 1.29 is 0 Å². The van der Waals surface area contributed by atoms with Gasteiger partial charge in [-0.3, -0.25) is 4.98 Å². The summed E-state index contributed by atoms with van der Waals surface area (Å²) >= 11 is 3.64. The molecule has 20 heavy (non-hydrogen) atoms. The van der Waals surface area contributed by atoms with E-state index in [0.29, 0.717) is 6.04 Å². The highest BCUT2D eigenvalue weighted by atomic mass is 79.9. The molecule has 0 saturated carbocycles. The van der Waals surface area contributed by atoms with Crippen molar-refractivity contribution in [1.29, 1.82) is 0 Å². The highest BCUT2D eigenvalue weighted by Gasteiger charge is 2.29. The van der Waals surface area contributed by atoms with Crippen LogP contribution in [0.3, 0.4) is 0 Å². The van der Waals surface area contributed by atoms with E-state index in [0.717, 1.165) is 40.9 Å². The first-order valence-corrected chi connectivity index (χ1v) is 7.55. The van der Waals surface area contributed by atoms with Crippen LogP contribution in [0.25, 0.3) is 0 Å². The van der Waals surface area contributed by atoms with Crippen molar-refractivity contribution in [1.82, 2.24) is 9.97 Å². The van der Waals surface area contributed by atoms with Gasteiger partial charge in [-0.05, 0) is 52.9 Å². The third kappa shape index (κ3) is 2.26. The molecule has 0 spiro atoms. The molecule has 2 N–H and O–H groups in total. The first-order chi connectivity index (χ1) is 9.68. The van der Waals surface area contributed by atoms with E-state index < -0.39 is 0 Å². The van der Waals surface area contributed by atoms with E-state index in [9.17, 15) is 0 Å². The van der Waals surface area contributed by atoms with Gasteiger partial charge in [0, 0.05) is 18.9 Å². The Morgan fingerprint density at radius 2 is 2.25 bits per heavy atom. The van der Waals surface area contributed by atoms with Gasteiger partial charge in [0.1, 0.15) is 5.82 Å². The second-order valence-corrected chi connectivity index (χ2v) is 5.91. The SMILES string of the molecule is Cc1c(N)cnc(N2CCCC2c2cccnc2)c1Br. The molecule has 0 aliphatic carbocycles. The van der Waals surface area contributed by atoms with Gasteiger partial charge in [-0.1, -0.05) is 6.07 Å². The first kappa shape index (κ1) is 13.4. The Morgan fingerprint density at radius 3 is 3.00 bits per heavy atom. The van der Waals surface area contributed by atoms with E-state index in [4.69, 9.17) is 5.73 Å². The fourth-order valence-electron chi connectivity index (χ4n) is 2.72. The van der Waals surface area contributed by atoms with Crippen LogP contribution in [0.5, 0.6) is 0 Å². The number of nitrogens with zero attached hydrogens (tertiary/aromatic N) is 3. The predicted octanol–water partition coefficient (Wildman–Crippen LogP) is 3.47. The summed E-state index contributed by atoms with van der Waals surface area (Å²) < 4.78 is 0.994. The van der Waals surface area contributed by atoms with E-state index in [-0.39, 0.29) is 0 Å². The largest absolute Gasteiger partial charge is 0.397 e. The molecule has 1 aliphatic rings. The minimum absolute atomic E-state index is 0.343. The lowest BCUT2D eigenvalue weighted by molar-refractivity contribution is 0.706. The van der Waals surface area contributed by atoms with Crippen LogP contribution in [0.15, 0.2) is 35.2 Å². The Labute approximate surface area is 127 Å². The fourth-order valence-corrected chi connectivity index (χ4v) is 3.28. The standard InChI is InChI=1S/C15H17BrN4/c1-10-12(17)9-19-15(14(10)16)20-7-3-5-13(20)11-4-2-6-18-8-11/h2,4,6,8-9,13H,3,5,7,17H2,1H3. The number of nitrogen functional groups attached to an aromatic ring is 1. The maximum Gasteiger partial charge on any atom is 0.143 e. The molecule has 3 rings (SSSR count). The molecule has 1 unspecified atom stereocenters. The summed E-state index contributed by atoms with van der Waals surface area (Å²) in [7, 11) is 0. The van der Waals surface area contributed by atoms with E-state index >= 15 is 0 Å². The van der Waals surface area contributed by atoms with Crippen molar-refractivity contribution in [2.75, 3.05) is 17.2 Å². The van der Waals surface area contributed by atoms with Gasteiger partial charge in [0.15, 0.2) is 0 Å².